The number of anilines is 1. The number of benzene rings is 2. The van der Waals surface area contributed by atoms with Crippen molar-refractivity contribution >= 4 is 34.0 Å². The number of hydrogen-bond acceptors (Lipinski definition) is 6. The van der Waals surface area contributed by atoms with Gasteiger partial charge in [-0.25, -0.2) is 0 Å². The number of amides is 1. The van der Waals surface area contributed by atoms with E-state index in [9.17, 15) is 4.79 Å². The zero-order valence-corrected chi connectivity index (χ0v) is 18.2. The maximum Gasteiger partial charge on any atom is 0.230 e. The lowest BCUT2D eigenvalue weighted by atomic mass is 9.97. The van der Waals surface area contributed by atoms with Crippen LogP contribution in [-0.2, 0) is 11.3 Å². The van der Waals surface area contributed by atoms with Crippen molar-refractivity contribution in [1.29, 1.82) is 0 Å². The maximum atomic E-state index is 12.8. The summed E-state index contributed by atoms with van der Waals surface area (Å²) >= 11 is 7.66. The average molecular weight is 443 g/mol. The molecular formula is C22H23ClN4O2S. The van der Waals surface area contributed by atoms with Crippen LogP contribution in [0, 0.1) is 5.92 Å². The summed E-state index contributed by atoms with van der Waals surface area (Å²) in [5, 5.41) is 13.4. The number of halogens is 1. The number of hydrogen-bond donors (Lipinski definition) is 1. The van der Waals surface area contributed by atoms with Gasteiger partial charge in [0.2, 0.25) is 11.0 Å². The Balaban J connectivity index is 1.36. The van der Waals surface area contributed by atoms with Gasteiger partial charge in [0.1, 0.15) is 10.8 Å². The van der Waals surface area contributed by atoms with Gasteiger partial charge in [0, 0.05) is 23.7 Å². The molecule has 0 spiro atoms. The molecule has 1 unspecified atom stereocenters. The van der Waals surface area contributed by atoms with Gasteiger partial charge in [0.25, 0.3) is 0 Å². The van der Waals surface area contributed by atoms with E-state index in [4.69, 9.17) is 16.3 Å². The van der Waals surface area contributed by atoms with E-state index in [1.807, 2.05) is 48.5 Å². The van der Waals surface area contributed by atoms with Crippen LogP contribution in [-0.4, -0.2) is 41.2 Å². The van der Waals surface area contributed by atoms with Crippen LogP contribution in [0.5, 0.6) is 5.75 Å². The molecule has 2 heterocycles. The molecule has 6 nitrogen and oxygen atoms in total. The highest BCUT2D eigenvalue weighted by Crippen LogP contribution is 2.29. The van der Waals surface area contributed by atoms with Gasteiger partial charge < -0.3 is 10.1 Å². The van der Waals surface area contributed by atoms with E-state index in [0.717, 1.165) is 52.8 Å². The van der Waals surface area contributed by atoms with Crippen molar-refractivity contribution in [2.45, 2.75) is 19.4 Å². The number of rotatable bonds is 6. The largest absolute Gasteiger partial charge is 0.497 e. The molecule has 156 valence electrons. The summed E-state index contributed by atoms with van der Waals surface area (Å²) < 4.78 is 5.18. The second kappa shape index (κ2) is 9.55. The van der Waals surface area contributed by atoms with Gasteiger partial charge >= 0.3 is 0 Å². The third-order valence-electron chi connectivity index (χ3n) is 5.22. The van der Waals surface area contributed by atoms with Crippen LogP contribution in [0.1, 0.15) is 18.4 Å². The van der Waals surface area contributed by atoms with Crippen molar-refractivity contribution in [1.82, 2.24) is 15.1 Å². The molecule has 1 aromatic heterocycles. The monoisotopic (exact) mass is 442 g/mol. The topological polar surface area (TPSA) is 67.4 Å². The first-order chi connectivity index (χ1) is 14.6. The lowest BCUT2D eigenvalue weighted by Gasteiger charge is -2.32. The SMILES string of the molecule is COc1ccc(-c2nnc(NC(=O)C3CCCN(Cc4ccccc4Cl)C3)s2)cc1. The van der Waals surface area contributed by atoms with Gasteiger partial charge in [-0.15, -0.1) is 10.2 Å². The van der Waals surface area contributed by atoms with Gasteiger partial charge in [0.15, 0.2) is 0 Å². The Labute approximate surface area is 184 Å². The van der Waals surface area contributed by atoms with Gasteiger partial charge in [0.05, 0.1) is 13.0 Å². The predicted octanol–water partition coefficient (Wildman–Crippen LogP) is 4.72. The van der Waals surface area contributed by atoms with E-state index in [1.54, 1.807) is 7.11 Å². The highest BCUT2D eigenvalue weighted by molar-refractivity contribution is 7.18. The summed E-state index contributed by atoms with van der Waals surface area (Å²) in [6.45, 7) is 2.43. The quantitative estimate of drug-likeness (QED) is 0.598. The molecule has 3 aromatic rings. The molecular weight excluding hydrogens is 420 g/mol. The fourth-order valence-corrected chi connectivity index (χ4v) is 4.56. The molecule has 0 bridgehead atoms. The Morgan fingerprint density at radius 3 is 2.80 bits per heavy atom. The Hall–Kier alpha value is -2.48. The number of nitrogens with zero attached hydrogens (tertiary/aromatic N) is 3. The lowest BCUT2D eigenvalue weighted by Crippen LogP contribution is -2.40. The van der Waals surface area contributed by atoms with Crippen LogP contribution in [0.2, 0.25) is 5.02 Å². The number of aromatic nitrogens is 2. The second-order valence-electron chi connectivity index (χ2n) is 7.30. The molecule has 1 saturated heterocycles. The first-order valence-corrected chi connectivity index (χ1v) is 11.1. The molecule has 1 fully saturated rings. The number of ether oxygens (including phenoxy) is 1. The maximum absolute atomic E-state index is 12.8. The van der Waals surface area contributed by atoms with Crippen LogP contribution >= 0.6 is 22.9 Å². The summed E-state index contributed by atoms with van der Waals surface area (Å²) in [6.07, 6.45) is 1.85. The zero-order valence-electron chi connectivity index (χ0n) is 16.7. The minimum atomic E-state index is -0.0745. The molecule has 0 saturated carbocycles. The van der Waals surface area contributed by atoms with E-state index < -0.39 is 0 Å². The molecule has 1 aliphatic heterocycles. The van der Waals surface area contributed by atoms with Crippen molar-refractivity contribution in [3.8, 4) is 16.3 Å². The van der Waals surface area contributed by atoms with Crippen molar-refractivity contribution in [2.75, 3.05) is 25.5 Å². The number of carbonyl (C=O) groups excluding carboxylic acids is 1. The molecule has 4 rings (SSSR count). The first kappa shape index (κ1) is 20.8. The normalized spacial score (nSPS) is 16.9. The fourth-order valence-electron chi connectivity index (χ4n) is 3.61. The van der Waals surface area contributed by atoms with E-state index in [1.165, 1.54) is 11.3 Å². The van der Waals surface area contributed by atoms with E-state index in [0.29, 0.717) is 11.7 Å². The molecule has 1 aliphatic rings. The molecule has 1 atom stereocenters. The number of likely N-dealkylation sites (tertiary alicyclic amines) is 1. The number of carbonyl (C=O) groups is 1. The lowest BCUT2D eigenvalue weighted by molar-refractivity contribution is -0.121. The second-order valence-corrected chi connectivity index (χ2v) is 8.68. The van der Waals surface area contributed by atoms with E-state index in [2.05, 4.69) is 20.4 Å². The van der Waals surface area contributed by atoms with Gasteiger partial charge in [-0.05, 0) is 55.3 Å². The van der Waals surface area contributed by atoms with Crippen LogP contribution in [0.25, 0.3) is 10.6 Å². The molecule has 1 amide bonds. The first-order valence-electron chi connectivity index (χ1n) is 9.87. The molecule has 30 heavy (non-hydrogen) atoms. The summed E-state index contributed by atoms with van der Waals surface area (Å²) in [5.74, 6) is 0.710. The number of methoxy groups -OCH3 is 1. The van der Waals surface area contributed by atoms with Crippen molar-refractivity contribution in [2.24, 2.45) is 5.92 Å². The Morgan fingerprint density at radius 2 is 2.03 bits per heavy atom. The van der Waals surface area contributed by atoms with Gasteiger partial charge in [-0.2, -0.15) is 0 Å². The van der Waals surface area contributed by atoms with Crippen LogP contribution in [0.4, 0.5) is 5.13 Å². The number of piperidine rings is 1. The van der Waals surface area contributed by atoms with Crippen molar-refractivity contribution in [3.05, 3.63) is 59.1 Å². The third-order valence-corrected chi connectivity index (χ3v) is 6.48. The average Bonchev–Trinajstić information content (AvgIpc) is 3.24. The fraction of sp³-hybridized carbons (Fsp3) is 0.318. The molecule has 1 N–H and O–H groups in total. The summed E-state index contributed by atoms with van der Waals surface area (Å²) in [6, 6.07) is 15.5. The predicted molar refractivity (Wildman–Crippen MR) is 120 cm³/mol. The summed E-state index contributed by atoms with van der Waals surface area (Å²) in [4.78, 5) is 15.1. The van der Waals surface area contributed by atoms with Gasteiger partial charge in [-0.3, -0.25) is 9.69 Å². The minimum absolute atomic E-state index is 0.00344. The van der Waals surface area contributed by atoms with Crippen LogP contribution in [0.15, 0.2) is 48.5 Å². The molecule has 0 radical (unpaired) electrons. The third kappa shape index (κ3) is 4.98. The minimum Gasteiger partial charge on any atom is -0.497 e. The Morgan fingerprint density at radius 1 is 1.23 bits per heavy atom. The summed E-state index contributed by atoms with van der Waals surface area (Å²) in [5.41, 5.74) is 2.03. The molecule has 8 heteroatoms. The Bertz CT molecular complexity index is 1010. The van der Waals surface area contributed by atoms with Crippen molar-refractivity contribution < 1.29 is 9.53 Å². The van der Waals surface area contributed by atoms with Crippen LogP contribution in [0.3, 0.4) is 0 Å². The number of nitrogens with one attached hydrogen (secondary N) is 1. The van der Waals surface area contributed by atoms with E-state index >= 15 is 0 Å². The van der Waals surface area contributed by atoms with Gasteiger partial charge in [-0.1, -0.05) is 41.1 Å². The highest BCUT2D eigenvalue weighted by Gasteiger charge is 2.27. The Kier molecular flexibility index (Phi) is 6.62. The molecule has 0 aliphatic carbocycles. The smallest absolute Gasteiger partial charge is 0.230 e. The standard InChI is InChI=1S/C22H23ClN4O2S/c1-29-18-10-8-15(9-11-18)21-25-26-22(30-21)24-20(28)17-6-4-12-27(14-17)13-16-5-2-3-7-19(16)23/h2-3,5,7-11,17H,4,6,12-14H2,1H3,(H,24,26,28). The molecule has 2 aromatic carbocycles. The highest BCUT2D eigenvalue weighted by atomic mass is 35.5. The zero-order chi connectivity index (χ0) is 20.9. The summed E-state index contributed by atoms with van der Waals surface area (Å²) in [7, 11) is 1.63. The van der Waals surface area contributed by atoms with Crippen LogP contribution < -0.4 is 10.1 Å². The van der Waals surface area contributed by atoms with E-state index in [-0.39, 0.29) is 11.8 Å². The van der Waals surface area contributed by atoms with Crippen molar-refractivity contribution in [3.63, 3.8) is 0 Å².